The van der Waals surface area contributed by atoms with Crippen molar-refractivity contribution in [2.45, 2.75) is 26.2 Å². The Morgan fingerprint density at radius 2 is 1.89 bits per heavy atom. The highest BCUT2D eigenvalue weighted by atomic mass is 16.6. The van der Waals surface area contributed by atoms with E-state index in [-0.39, 0.29) is 11.6 Å². The number of amides is 1. The van der Waals surface area contributed by atoms with E-state index in [0.717, 1.165) is 24.2 Å². The fourth-order valence-electron chi connectivity index (χ4n) is 2.71. The summed E-state index contributed by atoms with van der Waals surface area (Å²) in [6.45, 7) is 3.27. The number of nitro groups is 1. The Hall–Kier alpha value is -3.09. The summed E-state index contributed by atoms with van der Waals surface area (Å²) in [6.07, 6.45) is 2.78. The predicted molar refractivity (Wildman–Crippen MR) is 110 cm³/mol. The minimum absolute atomic E-state index is 0.102. The number of rotatable bonds is 10. The molecule has 2 aromatic rings. The Kier molecular flexibility index (Phi) is 7.80. The first-order valence-electron chi connectivity index (χ1n) is 9.38. The van der Waals surface area contributed by atoms with Crippen LogP contribution in [0.5, 0.6) is 5.75 Å². The van der Waals surface area contributed by atoms with E-state index in [9.17, 15) is 14.9 Å². The Morgan fingerprint density at radius 3 is 2.50 bits per heavy atom. The normalized spacial score (nSPS) is 10.4. The van der Waals surface area contributed by atoms with Gasteiger partial charge in [-0.05, 0) is 36.6 Å². The van der Waals surface area contributed by atoms with Gasteiger partial charge in [0.05, 0.1) is 17.1 Å². The van der Waals surface area contributed by atoms with Crippen LogP contribution in [0.25, 0.3) is 0 Å². The molecule has 0 saturated carbocycles. The van der Waals surface area contributed by atoms with Crippen LogP contribution in [-0.4, -0.2) is 38.1 Å². The quantitative estimate of drug-likeness (QED) is 0.382. The zero-order chi connectivity index (χ0) is 20.5. The highest BCUT2D eigenvalue weighted by Crippen LogP contribution is 2.24. The smallest absolute Gasteiger partial charge is 0.270 e. The van der Waals surface area contributed by atoms with Crippen LogP contribution in [0, 0.1) is 10.1 Å². The molecular weight excluding hydrogens is 358 g/mol. The van der Waals surface area contributed by atoms with Crippen LogP contribution in [0.2, 0.25) is 0 Å². The molecule has 0 unspecified atom stereocenters. The summed E-state index contributed by atoms with van der Waals surface area (Å²) in [7, 11) is 3.59. The first kappa shape index (κ1) is 21.2. The van der Waals surface area contributed by atoms with E-state index in [1.807, 2.05) is 24.3 Å². The van der Waals surface area contributed by atoms with Crippen LogP contribution >= 0.6 is 0 Å². The Labute approximate surface area is 165 Å². The second-order valence-electron chi connectivity index (χ2n) is 6.70. The monoisotopic (exact) mass is 385 g/mol. The third-order valence-electron chi connectivity index (χ3n) is 4.31. The summed E-state index contributed by atoms with van der Waals surface area (Å²) >= 11 is 0. The molecule has 0 bridgehead atoms. The van der Waals surface area contributed by atoms with Gasteiger partial charge in [0.25, 0.3) is 11.6 Å². The molecule has 0 aliphatic heterocycles. The van der Waals surface area contributed by atoms with E-state index in [2.05, 4.69) is 12.2 Å². The van der Waals surface area contributed by atoms with E-state index in [0.29, 0.717) is 30.8 Å². The van der Waals surface area contributed by atoms with E-state index >= 15 is 0 Å². The number of anilines is 1. The average molecular weight is 385 g/mol. The van der Waals surface area contributed by atoms with Gasteiger partial charge in [0.15, 0.2) is 0 Å². The summed E-state index contributed by atoms with van der Waals surface area (Å²) in [6, 6.07) is 12.1. The summed E-state index contributed by atoms with van der Waals surface area (Å²) in [5.41, 5.74) is 1.90. The first-order valence-corrected chi connectivity index (χ1v) is 9.38. The van der Waals surface area contributed by atoms with E-state index in [1.54, 1.807) is 25.1 Å². The molecule has 2 rings (SSSR count). The average Bonchev–Trinajstić information content (AvgIpc) is 2.68. The third-order valence-corrected chi connectivity index (χ3v) is 4.31. The molecule has 0 aliphatic carbocycles. The number of non-ortho nitro benzene ring substituents is 1. The summed E-state index contributed by atoms with van der Waals surface area (Å²) in [5, 5.41) is 13.9. The minimum Gasteiger partial charge on any atom is -0.494 e. The van der Waals surface area contributed by atoms with Gasteiger partial charge < -0.3 is 15.0 Å². The zero-order valence-electron chi connectivity index (χ0n) is 16.6. The number of unbranched alkanes of at least 4 members (excludes halogenated alkanes) is 1. The van der Waals surface area contributed by atoms with E-state index in [4.69, 9.17) is 4.74 Å². The molecule has 28 heavy (non-hydrogen) atoms. The van der Waals surface area contributed by atoms with E-state index in [1.165, 1.54) is 12.1 Å². The molecule has 0 aromatic heterocycles. The van der Waals surface area contributed by atoms with Crippen molar-refractivity contribution >= 4 is 17.3 Å². The first-order chi connectivity index (χ1) is 13.4. The Balaban J connectivity index is 1.95. The second kappa shape index (κ2) is 10.3. The van der Waals surface area contributed by atoms with Crippen molar-refractivity contribution in [3.05, 3.63) is 63.7 Å². The molecular formula is C21H27N3O4. The van der Waals surface area contributed by atoms with Crippen molar-refractivity contribution in [3.8, 4) is 5.75 Å². The van der Waals surface area contributed by atoms with Crippen molar-refractivity contribution in [1.29, 1.82) is 0 Å². The SMILES string of the molecule is CCCCOc1ccc(CCNC(=O)c2cc([N+](=O)[O-])ccc2N(C)C)cc1. The summed E-state index contributed by atoms with van der Waals surface area (Å²) in [5.74, 6) is 0.514. The number of benzene rings is 2. The van der Waals surface area contributed by atoms with Gasteiger partial charge in [-0.3, -0.25) is 14.9 Å². The highest BCUT2D eigenvalue weighted by molar-refractivity contribution is 6.00. The molecule has 2 aromatic carbocycles. The topological polar surface area (TPSA) is 84.7 Å². The zero-order valence-corrected chi connectivity index (χ0v) is 16.6. The number of hydrogen-bond donors (Lipinski definition) is 1. The van der Waals surface area contributed by atoms with Crippen molar-refractivity contribution < 1.29 is 14.5 Å². The Bertz CT molecular complexity index is 804. The summed E-state index contributed by atoms with van der Waals surface area (Å²) in [4.78, 5) is 24.8. The number of ether oxygens (including phenoxy) is 1. The van der Waals surface area contributed by atoms with Crippen molar-refractivity contribution in [1.82, 2.24) is 5.32 Å². The van der Waals surface area contributed by atoms with Crippen molar-refractivity contribution in [2.75, 3.05) is 32.1 Å². The fraction of sp³-hybridized carbons (Fsp3) is 0.381. The summed E-state index contributed by atoms with van der Waals surface area (Å²) < 4.78 is 5.64. The molecule has 150 valence electrons. The largest absolute Gasteiger partial charge is 0.494 e. The van der Waals surface area contributed by atoms with Gasteiger partial charge >= 0.3 is 0 Å². The van der Waals surface area contributed by atoms with Crippen LogP contribution < -0.4 is 15.0 Å². The van der Waals surface area contributed by atoms with Gasteiger partial charge in [-0.2, -0.15) is 0 Å². The van der Waals surface area contributed by atoms with Gasteiger partial charge in [-0.25, -0.2) is 0 Å². The van der Waals surface area contributed by atoms with Crippen LogP contribution in [0.4, 0.5) is 11.4 Å². The van der Waals surface area contributed by atoms with Crippen LogP contribution in [0.15, 0.2) is 42.5 Å². The molecule has 1 amide bonds. The molecule has 0 heterocycles. The molecule has 1 N–H and O–H groups in total. The molecule has 0 aliphatic rings. The third kappa shape index (κ3) is 5.97. The number of nitrogens with one attached hydrogen (secondary N) is 1. The van der Waals surface area contributed by atoms with Crippen LogP contribution in [-0.2, 0) is 6.42 Å². The maximum Gasteiger partial charge on any atom is 0.270 e. The van der Waals surface area contributed by atoms with Gasteiger partial charge in [-0.15, -0.1) is 0 Å². The second-order valence-corrected chi connectivity index (χ2v) is 6.70. The van der Waals surface area contributed by atoms with Crippen LogP contribution in [0.1, 0.15) is 35.7 Å². The molecule has 0 atom stereocenters. The molecule has 7 heteroatoms. The molecule has 0 saturated heterocycles. The standard InChI is InChI=1S/C21H27N3O4/c1-4-5-14-28-18-9-6-16(7-10-18)12-13-22-21(25)19-15-17(24(26)27)8-11-20(19)23(2)3/h6-11,15H,4-5,12-14H2,1-3H3,(H,22,25). The van der Waals surface area contributed by atoms with Gasteiger partial charge in [0.1, 0.15) is 5.75 Å². The number of nitrogens with zero attached hydrogens (tertiary/aromatic N) is 2. The van der Waals surface area contributed by atoms with Gasteiger partial charge in [-0.1, -0.05) is 25.5 Å². The fourth-order valence-corrected chi connectivity index (χ4v) is 2.71. The highest BCUT2D eigenvalue weighted by Gasteiger charge is 2.17. The van der Waals surface area contributed by atoms with Crippen LogP contribution in [0.3, 0.4) is 0 Å². The molecule has 0 spiro atoms. The van der Waals surface area contributed by atoms with Crippen molar-refractivity contribution in [2.24, 2.45) is 0 Å². The number of nitro benzene ring substituents is 1. The predicted octanol–water partition coefficient (Wildman–Crippen LogP) is 3.81. The lowest BCUT2D eigenvalue weighted by molar-refractivity contribution is -0.384. The molecule has 0 radical (unpaired) electrons. The van der Waals surface area contributed by atoms with Crippen molar-refractivity contribution in [3.63, 3.8) is 0 Å². The number of carbonyl (C=O) groups excluding carboxylic acids is 1. The van der Waals surface area contributed by atoms with Gasteiger partial charge in [0, 0.05) is 38.5 Å². The number of carbonyl (C=O) groups is 1. The number of hydrogen-bond acceptors (Lipinski definition) is 5. The maximum atomic E-state index is 12.6. The Morgan fingerprint density at radius 1 is 1.18 bits per heavy atom. The molecule has 0 fully saturated rings. The lowest BCUT2D eigenvalue weighted by Crippen LogP contribution is -2.27. The lowest BCUT2D eigenvalue weighted by Gasteiger charge is -2.17. The van der Waals surface area contributed by atoms with Gasteiger partial charge in [0.2, 0.25) is 0 Å². The molecule has 7 nitrogen and oxygen atoms in total. The van der Waals surface area contributed by atoms with E-state index < -0.39 is 4.92 Å². The maximum absolute atomic E-state index is 12.6. The minimum atomic E-state index is -0.500. The lowest BCUT2D eigenvalue weighted by atomic mass is 10.1.